The first-order valence-corrected chi connectivity index (χ1v) is 9.84. The Hall–Kier alpha value is -2.48. The summed E-state index contributed by atoms with van der Waals surface area (Å²) >= 11 is 1.58. The molecule has 1 aliphatic heterocycles. The Balaban J connectivity index is 1.20. The highest BCUT2D eigenvalue weighted by Crippen LogP contribution is 2.21. The van der Waals surface area contributed by atoms with Crippen LogP contribution >= 0.6 is 11.3 Å². The average Bonchev–Trinajstić information content (AvgIpc) is 3.38. The molecule has 3 aromatic rings. The second-order valence-corrected chi connectivity index (χ2v) is 7.37. The van der Waals surface area contributed by atoms with Gasteiger partial charge in [0.15, 0.2) is 0 Å². The lowest BCUT2D eigenvalue weighted by atomic mass is 10.2. The molecule has 1 aliphatic rings. The van der Waals surface area contributed by atoms with Crippen LogP contribution < -0.4 is 5.32 Å². The maximum atomic E-state index is 12.0. The number of hydrogen-bond acceptors (Lipinski definition) is 6. The Bertz CT molecular complexity index is 845. The smallest absolute Gasteiger partial charge is 0.226 e. The Labute approximate surface area is 155 Å². The molecule has 1 N–H and O–H groups in total. The molecular weight excluding hydrogens is 350 g/mol. The molecule has 7 nitrogen and oxygen atoms in total. The quantitative estimate of drug-likeness (QED) is 0.690. The van der Waals surface area contributed by atoms with Crippen LogP contribution in [-0.4, -0.2) is 25.6 Å². The fourth-order valence-electron chi connectivity index (χ4n) is 3.10. The van der Waals surface area contributed by atoms with Gasteiger partial charge in [0.1, 0.15) is 5.82 Å². The number of hydrogen-bond donors (Lipinski definition) is 1. The van der Waals surface area contributed by atoms with E-state index in [1.54, 1.807) is 11.3 Å². The lowest BCUT2D eigenvalue weighted by molar-refractivity contribution is -0.121. The second kappa shape index (κ2) is 7.82. The van der Waals surface area contributed by atoms with Gasteiger partial charge in [-0.3, -0.25) is 4.79 Å². The zero-order valence-corrected chi connectivity index (χ0v) is 15.3. The number of thiophene rings is 1. The fourth-order valence-corrected chi connectivity index (χ4v) is 3.75. The molecule has 8 heteroatoms. The third-order valence-electron chi connectivity index (χ3n) is 4.43. The SMILES string of the molecule is O=C(CCCc1nc(-c2cccs2)no1)NCc1cn2c(n1)CCCC2. The van der Waals surface area contributed by atoms with E-state index < -0.39 is 0 Å². The van der Waals surface area contributed by atoms with E-state index in [-0.39, 0.29) is 5.91 Å². The molecular formula is C18H21N5O2S. The van der Waals surface area contributed by atoms with Crippen LogP contribution in [0.1, 0.15) is 43.1 Å². The van der Waals surface area contributed by atoms with Crippen LogP contribution in [0.3, 0.4) is 0 Å². The lowest BCUT2D eigenvalue weighted by Crippen LogP contribution is -2.22. The summed E-state index contributed by atoms with van der Waals surface area (Å²) in [5, 5.41) is 8.90. The van der Waals surface area contributed by atoms with Crippen LogP contribution in [0, 0.1) is 0 Å². The highest BCUT2D eigenvalue weighted by molar-refractivity contribution is 7.13. The van der Waals surface area contributed by atoms with E-state index in [0.717, 1.165) is 29.4 Å². The van der Waals surface area contributed by atoms with Gasteiger partial charge in [-0.1, -0.05) is 11.2 Å². The van der Waals surface area contributed by atoms with Crippen molar-refractivity contribution in [2.75, 3.05) is 0 Å². The van der Waals surface area contributed by atoms with Crippen molar-refractivity contribution in [2.45, 2.75) is 51.6 Å². The van der Waals surface area contributed by atoms with Gasteiger partial charge in [0.2, 0.25) is 17.6 Å². The summed E-state index contributed by atoms with van der Waals surface area (Å²) in [6.07, 6.45) is 7.21. The fraction of sp³-hybridized carbons (Fsp3) is 0.444. The lowest BCUT2D eigenvalue weighted by Gasteiger charge is -2.11. The predicted octanol–water partition coefficient (Wildman–Crippen LogP) is 2.97. The average molecular weight is 371 g/mol. The minimum atomic E-state index is 0.0222. The molecule has 0 unspecified atom stereocenters. The van der Waals surface area contributed by atoms with Crippen molar-refractivity contribution in [2.24, 2.45) is 0 Å². The normalized spacial score (nSPS) is 13.5. The van der Waals surface area contributed by atoms with Crippen LogP contribution in [-0.2, 0) is 30.7 Å². The molecule has 0 saturated carbocycles. The molecule has 0 aliphatic carbocycles. The van der Waals surface area contributed by atoms with Gasteiger partial charge in [-0.15, -0.1) is 11.3 Å². The van der Waals surface area contributed by atoms with Crippen molar-refractivity contribution in [3.05, 3.63) is 41.1 Å². The van der Waals surface area contributed by atoms with Gasteiger partial charge >= 0.3 is 0 Å². The molecule has 4 rings (SSSR count). The number of fused-ring (bicyclic) bond motifs is 1. The number of aromatic nitrogens is 4. The van der Waals surface area contributed by atoms with Gasteiger partial charge in [0, 0.05) is 32.0 Å². The van der Waals surface area contributed by atoms with Crippen LogP contribution in [0.2, 0.25) is 0 Å². The largest absolute Gasteiger partial charge is 0.350 e. The Morgan fingerprint density at radius 2 is 2.31 bits per heavy atom. The molecule has 136 valence electrons. The Kier molecular flexibility index (Phi) is 5.10. The molecule has 0 saturated heterocycles. The number of nitrogens with one attached hydrogen (secondary N) is 1. The highest BCUT2D eigenvalue weighted by Gasteiger charge is 2.13. The first kappa shape index (κ1) is 17.0. The first-order chi connectivity index (χ1) is 12.8. The summed E-state index contributed by atoms with van der Waals surface area (Å²) in [7, 11) is 0. The zero-order chi connectivity index (χ0) is 17.8. The van der Waals surface area contributed by atoms with Crippen molar-refractivity contribution in [3.8, 4) is 10.7 Å². The van der Waals surface area contributed by atoms with E-state index in [9.17, 15) is 4.79 Å². The predicted molar refractivity (Wildman–Crippen MR) is 97.6 cm³/mol. The van der Waals surface area contributed by atoms with Crippen molar-refractivity contribution in [1.82, 2.24) is 25.0 Å². The number of amides is 1. The second-order valence-electron chi connectivity index (χ2n) is 6.42. The first-order valence-electron chi connectivity index (χ1n) is 8.96. The van der Waals surface area contributed by atoms with Gasteiger partial charge in [-0.2, -0.15) is 4.98 Å². The number of nitrogens with zero attached hydrogens (tertiary/aromatic N) is 4. The third kappa shape index (κ3) is 4.01. The molecule has 26 heavy (non-hydrogen) atoms. The summed E-state index contributed by atoms with van der Waals surface area (Å²) in [5.74, 6) is 2.35. The van der Waals surface area contributed by atoms with E-state index in [1.807, 2.05) is 17.5 Å². The standard InChI is InChI=1S/C18H21N5O2S/c24-16(19-11-13-12-23-9-2-1-6-15(23)20-13)7-3-8-17-21-18(22-25-17)14-5-4-10-26-14/h4-5,10,12H,1-3,6-9,11H2,(H,19,24). The van der Waals surface area contributed by atoms with E-state index in [4.69, 9.17) is 4.52 Å². The summed E-state index contributed by atoms with van der Waals surface area (Å²) in [6, 6.07) is 3.91. The van der Waals surface area contributed by atoms with E-state index >= 15 is 0 Å². The summed E-state index contributed by atoms with van der Waals surface area (Å²) in [4.78, 5) is 22.0. The van der Waals surface area contributed by atoms with E-state index in [1.165, 1.54) is 12.8 Å². The zero-order valence-electron chi connectivity index (χ0n) is 14.5. The van der Waals surface area contributed by atoms with E-state index in [2.05, 4.69) is 31.2 Å². The monoisotopic (exact) mass is 371 g/mol. The topological polar surface area (TPSA) is 85.8 Å². The highest BCUT2D eigenvalue weighted by atomic mass is 32.1. The molecule has 4 heterocycles. The molecule has 1 amide bonds. The van der Waals surface area contributed by atoms with Crippen molar-refractivity contribution in [3.63, 3.8) is 0 Å². The van der Waals surface area contributed by atoms with Gasteiger partial charge in [-0.25, -0.2) is 4.98 Å². The number of imidazole rings is 1. The molecule has 0 atom stereocenters. The van der Waals surface area contributed by atoms with Crippen LogP contribution in [0.5, 0.6) is 0 Å². The number of aryl methyl sites for hydroxylation is 3. The summed E-state index contributed by atoms with van der Waals surface area (Å²) in [6.45, 7) is 1.52. The van der Waals surface area contributed by atoms with E-state index in [0.29, 0.717) is 37.5 Å². The van der Waals surface area contributed by atoms with Crippen molar-refractivity contribution < 1.29 is 9.32 Å². The number of rotatable bonds is 7. The van der Waals surface area contributed by atoms with Crippen LogP contribution in [0.25, 0.3) is 10.7 Å². The molecule has 3 aromatic heterocycles. The molecule has 0 radical (unpaired) electrons. The number of carbonyl (C=O) groups excluding carboxylic acids is 1. The van der Waals surface area contributed by atoms with Gasteiger partial charge in [-0.05, 0) is 30.7 Å². The molecule has 0 fully saturated rings. The van der Waals surface area contributed by atoms with Gasteiger partial charge in [0.05, 0.1) is 17.1 Å². The number of carbonyl (C=O) groups is 1. The van der Waals surface area contributed by atoms with Gasteiger partial charge in [0.25, 0.3) is 0 Å². The van der Waals surface area contributed by atoms with Crippen LogP contribution in [0.4, 0.5) is 0 Å². The van der Waals surface area contributed by atoms with Crippen molar-refractivity contribution in [1.29, 1.82) is 0 Å². The maximum absolute atomic E-state index is 12.0. The minimum Gasteiger partial charge on any atom is -0.350 e. The van der Waals surface area contributed by atoms with Crippen molar-refractivity contribution >= 4 is 17.2 Å². The third-order valence-corrected chi connectivity index (χ3v) is 5.30. The van der Waals surface area contributed by atoms with Gasteiger partial charge < -0.3 is 14.4 Å². The minimum absolute atomic E-state index is 0.0222. The molecule has 0 spiro atoms. The Morgan fingerprint density at radius 1 is 1.35 bits per heavy atom. The van der Waals surface area contributed by atoms with Crippen LogP contribution in [0.15, 0.2) is 28.2 Å². The molecule has 0 bridgehead atoms. The maximum Gasteiger partial charge on any atom is 0.226 e. The summed E-state index contributed by atoms with van der Waals surface area (Å²) in [5.41, 5.74) is 0.938. The molecule has 0 aromatic carbocycles. The Morgan fingerprint density at radius 3 is 3.15 bits per heavy atom. The summed E-state index contributed by atoms with van der Waals surface area (Å²) < 4.78 is 7.45.